The molecule has 108 valence electrons. The third-order valence-electron chi connectivity index (χ3n) is 3.07. The number of nitrogens with one attached hydrogen (secondary N) is 1. The van der Waals surface area contributed by atoms with E-state index in [1.165, 1.54) is 12.5 Å². The highest BCUT2D eigenvalue weighted by Crippen LogP contribution is 2.24. The van der Waals surface area contributed by atoms with Crippen LogP contribution in [-0.4, -0.2) is 23.7 Å². The summed E-state index contributed by atoms with van der Waals surface area (Å²) in [6.45, 7) is 2.51. The summed E-state index contributed by atoms with van der Waals surface area (Å²) in [7, 11) is 0. The van der Waals surface area contributed by atoms with Gasteiger partial charge in [-0.1, -0.05) is 5.16 Å². The molecule has 6 heteroatoms. The Morgan fingerprint density at radius 1 is 1.55 bits per heavy atom. The molecular weight excluding hydrogens is 258 g/mol. The molecule has 0 aromatic carbocycles. The number of rotatable bonds is 7. The van der Waals surface area contributed by atoms with Crippen LogP contribution in [-0.2, 0) is 0 Å². The molecule has 2 aromatic rings. The lowest BCUT2D eigenvalue weighted by Gasteiger charge is -2.17. The maximum absolute atomic E-state index is 11.7. The first-order valence-electron chi connectivity index (χ1n) is 6.63. The summed E-state index contributed by atoms with van der Waals surface area (Å²) in [5, 5.41) is 6.33. The van der Waals surface area contributed by atoms with Crippen molar-refractivity contribution in [3.63, 3.8) is 0 Å². The summed E-state index contributed by atoms with van der Waals surface area (Å²) in [6.07, 6.45) is 5.95. The predicted molar refractivity (Wildman–Crippen MR) is 73.2 cm³/mol. The fraction of sp³-hybridized carbons (Fsp3) is 0.429. The van der Waals surface area contributed by atoms with Crippen LogP contribution in [0, 0.1) is 0 Å². The minimum absolute atomic E-state index is 0.0823. The lowest BCUT2D eigenvalue weighted by atomic mass is 9.95. The number of amides is 1. The van der Waals surface area contributed by atoms with Crippen LogP contribution in [0.15, 0.2) is 39.8 Å². The molecule has 0 aliphatic heterocycles. The van der Waals surface area contributed by atoms with Gasteiger partial charge in [-0.25, -0.2) is 0 Å². The van der Waals surface area contributed by atoms with Crippen LogP contribution in [0.1, 0.15) is 41.8 Å². The van der Waals surface area contributed by atoms with Gasteiger partial charge >= 0.3 is 0 Å². The molecule has 20 heavy (non-hydrogen) atoms. The molecule has 3 N–H and O–H groups in total. The minimum Gasteiger partial charge on any atom is -0.469 e. The molecule has 0 radical (unpaired) electrons. The zero-order chi connectivity index (χ0) is 14.4. The van der Waals surface area contributed by atoms with Gasteiger partial charge in [0.25, 0.3) is 5.91 Å². The van der Waals surface area contributed by atoms with E-state index in [0.717, 1.165) is 18.6 Å². The topological polar surface area (TPSA) is 94.3 Å². The van der Waals surface area contributed by atoms with Gasteiger partial charge in [0.15, 0.2) is 0 Å². The number of carbonyl (C=O) groups excluding carboxylic acids is 1. The quantitative estimate of drug-likeness (QED) is 0.806. The monoisotopic (exact) mass is 277 g/mol. The lowest BCUT2D eigenvalue weighted by molar-refractivity contribution is 0.0951. The van der Waals surface area contributed by atoms with Gasteiger partial charge in [-0.05, 0) is 31.9 Å². The normalized spacial score (nSPS) is 13.9. The van der Waals surface area contributed by atoms with Gasteiger partial charge in [-0.3, -0.25) is 4.79 Å². The van der Waals surface area contributed by atoms with Gasteiger partial charge in [-0.2, -0.15) is 0 Å². The Balaban J connectivity index is 1.84. The first-order chi connectivity index (χ1) is 9.66. The highest BCUT2D eigenvalue weighted by atomic mass is 16.5. The SMILES string of the molecule is CC(N)CC(CCNC(=O)c1cnoc1)c1ccco1. The van der Waals surface area contributed by atoms with Crippen molar-refractivity contribution in [1.29, 1.82) is 0 Å². The molecule has 2 aromatic heterocycles. The van der Waals surface area contributed by atoms with Crippen LogP contribution in [0.3, 0.4) is 0 Å². The molecule has 2 rings (SSSR count). The standard InChI is InChI=1S/C14H19N3O3/c1-10(15)7-11(13-3-2-6-19-13)4-5-16-14(18)12-8-17-20-9-12/h2-3,6,8-11H,4-5,7,15H2,1H3,(H,16,18). The molecule has 2 unspecified atom stereocenters. The van der Waals surface area contributed by atoms with Crippen molar-refractivity contribution in [2.45, 2.75) is 31.7 Å². The summed E-state index contributed by atoms with van der Waals surface area (Å²) >= 11 is 0. The summed E-state index contributed by atoms with van der Waals surface area (Å²) in [5.41, 5.74) is 6.28. The maximum atomic E-state index is 11.7. The number of nitrogens with two attached hydrogens (primary N) is 1. The van der Waals surface area contributed by atoms with Crippen molar-refractivity contribution in [2.24, 2.45) is 5.73 Å². The van der Waals surface area contributed by atoms with Crippen LogP contribution < -0.4 is 11.1 Å². The van der Waals surface area contributed by atoms with Crippen molar-refractivity contribution >= 4 is 5.91 Å². The van der Waals surface area contributed by atoms with Crippen LogP contribution in [0.5, 0.6) is 0 Å². The number of furan rings is 1. The van der Waals surface area contributed by atoms with E-state index in [4.69, 9.17) is 10.2 Å². The molecule has 0 saturated heterocycles. The van der Waals surface area contributed by atoms with Crippen molar-refractivity contribution in [3.8, 4) is 0 Å². The summed E-state index contributed by atoms with van der Waals surface area (Å²) in [5.74, 6) is 0.916. The summed E-state index contributed by atoms with van der Waals surface area (Å²) < 4.78 is 10.1. The van der Waals surface area contributed by atoms with Crippen LogP contribution >= 0.6 is 0 Å². The Bertz CT molecular complexity index is 506. The minimum atomic E-state index is -0.190. The van der Waals surface area contributed by atoms with Gasteiger partial charge in [0.05, 0.1) is 18.0 Å². The summed E-state index contributed by atoms with van der Waals surface area (Å²) in [6, 6.07) is 3.88. The van der Waals surface area contributed by atoms with Crippen LogP contribution in [0.4, 0.5) is 0 Å². The van der Waals surface area contributed by atoms with E-state index in [9.17, 15) is 4.79 Å². The third kappa shape index (κ3) is 3.96. The molecule has 1 amide bonds. The van der Waals surface area contributed by atoms with E-state index in [1.807, 2.05) is 19.1 Å². The fourth-order valence-corrected chi connectivity index (χ4v) is 2.13. The lowest BCUT2D eigenvalue weighted by Crippen LogP contribution is -2.26. The Labute approximate surface area is 117 Å². The maximum Gasteiger partial charge on any atom is 0.256 e. The molecule has 0 aliphatic rings. The summed E-state index contributed by atoms with van der Waals surface area (Å²) in [4.78, 5) is 11.7. The zero-order valence-corrected chi connectivity index (χ0v) is 11.4. The van der Waals surface area contributed by atoms with E-state index in [-0.39, 0.29) is 17.9 Å². The fourth-order valence-electron chi connectivity index (χ4n) is 2.13. The first kappa shape index (κ1) is 14.3. The molecule has 2 atom stereocenters. The highest BCUT2D eigenvalue weighted by Gasteiger charge is 2.17. The van der Waals surface area contributed by atoms with E-state index >= 15 is 0 Å². The largest absolute Gasteiger partial charge is 0.469 e. The number of carbonyl (C=O) groups is 1. The predicted octanol–water partition coefficient (Wildman–Crippen LogP) is 1.91. The molecule has 6 nitrogen and oxygen atoms in total. The molecule has 0 saturated carbocycles. The Morgan fingerprint density at radius 2 is 2.40 bits per heavy atom. The third-order valence-corrected chi connectivity index (χ3v) is 3.07. The number of hydrogen-bond acceptors (Lipinski definition) is 5. The number of nitrogens with zero attached hydrogens (tertiary/aromatic N) is 1. The molecule has 2 heterocycles. The van der Waals surface area contributed by atoms with Crippen molar-refractivity contribution in [3.05, 3.63) is 42.2 Å². The van der Waals surface area contributed by atoms with E-state index in [2.05, 4.69) is 15.0 Å². The second-order valence-electron chi connectivity index (χ2n) is 4.88. The Morgan fingerprint density at radius 3 is 3.00 bits per heavy atom. The molecule has 0 spiro atoms. The highest BCUT2D eigenvalue weighted by molar-refractivity contribution is 5.93. The number of aromatic nitrogens is 1. The molecule has 0 aliphatic carbocycles. The molecular formula is C14H19N3O3. The Kier molecular flexibility index (Phi) is 4.95. The van der Waals surface area contributed by atoms with Gasteiger partial charge in [0.2, 0.25) is 0 Å². The van der Waals surface area contributed by atoms with E-state index in [1.54, 1.807) is 6.26 Å². The van der Waals surface area contributed by atoms with Crippen molar-refractivity contribution in [2.75, 3.05) is 6.54 Å². The van der Waals surface area contributed by atoms with Gasteiger partial charge < -0.3 is 20.0 Å². The van der Waals surface area contributed by atoms with Gasteiger partial charge in [0.1, 0.15) is 12.0 Å². The van der Waals surface area contributed by atoms with Gasteiger partial charge in [-0.15, -0.1) is 0 Å². The average Bonchev–Trinajstić information content (AvgIpc) is 3.10. The number of hydrogen-bond donors (Lipinski definition) is 2. The second kappa shape index (κ2) is 6.91. The van der Waals surface area contributed by atoms with Crippen LogP contribution in [0.2, 0.25) is 0 Å². The zero-order valence-electron chi connectivity index (χ0n) is 11.4. The van der Waals surface area contributed by atoms with Gasteiger partial charge in [0, 0.05) is 18.5 Å². The molecule has 0 bridgehead atoms. The van der Waals surface area contributed by atoms with Crippen LogP contribution in [0.25, 0.3) is 0 Å². The first-order valence-corrected chi connectivity index (χ1v) is 6.63. The van der Waals surface area contributed by atoms with Crippen molar-refractivity contribution < 1.29 is 13.7 Å². The smallest absolute Gasteiger partial charge is 0.256 e. The second-order valence-corrected chi connectivity index (χ2v) is 4.88. The van der Waals surface area contributed by atoms with E-state index < -0.39 is 0 Å². The van der Waals surface area contributed by atoms with Crippen molar-refractivity contribution in [1.82, 2.24) is 10.5 Å². The van der Waals surface area contributed by atoms with E-state index in [0.29, 0.717) is 12.1 Å². The average molecular weight is 277 g/mol. The Hall–Kier alpha value is -2.08. The molecule has 0 fully saturated rings.